The van der Waals surface area contributed by atoms with Crippen LogP contribution in [-0.4, -0.2) is 10.7 Å². The van der Waals surface area contributed by atoms with Crippen LogP contribution in [0.2, 0.25) is 0 Å². The Morgan fingerprint density at radius 2 is 1.31 bits per heavy atom. The fourth-order valence-corrected chi connectivity index (χ4v) is 5.21. The average Bonchev–Trinajstić information content (AvgIpc) is 2.81. The van der Waals surface area contributed by atoms with Gasteiger partial charge in [-0.05, 0) is 60.7 Å². The van der Waals surface area contributed by atoms with Crippen LogP contribution in [0.5, 0.6) is 11.5 Å². The molecule has 1 saturated carbocycles. The quantitative estimate of drug-likeness (QED) is 0.302. The number of Topliss-reactive ketones (excluding diaryl/α,β-unsaturated/α-hetero) is 1. The zero-order valence-corrected chi connectivity index (χ0v) is 18.7. The maximum Gasteiger partial charge on any atom is 0.584 e. The van der Waals surface area contributed by atoms with Crippen molar-refractivity contribution in [1.29, 1.82) is 0 Å². The van der Waals surface area contributed by atoms with Crippen LogP contribution < -0.4 is 9.05 Å². The Bertz CT molecular complexity index is 1060. The van der Waals surface area contributed by atoms with Gasteiger partial charge in [0.25, 0.3) is 0 Å². The highest BCUT2D eigenvalue weighted by Crippen LogP contribution is 2.44. The predicted molar refractivity (Wildman–Crippen MR) is 124 cm³/mol. The van der Waals surface area contributed by atoms with E-state index in [9.17, 15) is 14.3 Å². The molecule has 5 nitrogen and oxygen atoms in total. The summed E-state index contributed by atoms with van der Waals surface area (Å²) < 4.78 is 22.6. The molecule has 1 aliphatic carbocycles. The minimum absolute atomic E-state index is 0.0716. The van der Waals surface area contributed by atoms with Crippen LogP contribution in [0.3, 0.4) is 0 Å². The molecule has 32 heavy (non-hydrogen) atoms. The van der Waals surface area contributed by atoms with Crippen molar-refractivity contribution in [3.63, 3.8) is 0 Å². The topological polar surface area (TPSA) is 72.8 Å². The minimum Gasteiger partial charge on any atom is -0.395 e. The van der Waals surface area contributed by atoms with E-state index >= 15 is 0 Å². The first-order valence-electron chi connectivity index (χ1n) is 11.0. The molecule has 0 spiro atoms. The zero-order chi connectivity index (χ0) is 22.4. The van der Waals surface area contributed by atoms with Crippen LogP contribution in [0, 0.1) is 5.92 Å². The van der Waals surface area contributed by atoms with Gasteiger partial charge in [0, 0.05) is 5.56 Å². The lowest BCUT2D eigenvalue weighted by molar-refractivity contribution is 0.0913. The fourth-order valence-electron chi connectivity index (χ4n) is 4.39. The van der Waals surface area contributed by atoms with Crippen molar-refractivity contribution in [3.05, 3.63) is 96.1 Å². The van der Waals surface area contributed by atoms with E-state index in [2.05, 4.69) is 0 Å². The van der Waals surface area contributed by atoms with E-state index < -0.39 is 7.82 Å². The molecule has 166 valence electrons. The van der Waals surface area contributed by atoms with Gasteiger partial charge >= 0.3 is 7.82 Å². The number of rotatable bonds is 8. The van der Waals surface area contributed by atoms with Crippen LogP contribution in [-0.2, 0) is 4.57 Å². The summed E-state index contributed by atoms with van der Waals surface area (Å²) in [5.74, 6) is 0.614. The van der Waals surface area contributed by atoms with E-state index in [1.54, 1.807) is 42.5 Å². The fraction of sp³-hybridized carbons (Fsp3) is 0.269. The predicted octanol–water partition coefficient (Wildman–Crippen LogP) is 6.79. The summed E-state index contributed by atoms with van der Waals surface area (Å²) in [4.78, 5) is 23.6. The molecule has 2 atom stereocenters. The third kappa shape index (κ3) is 5.67. The zero-order valence-electron chi connectivity index (χ0n) is 17.8. The number of para-hydroxylation sites is 1. The number of hydrogen-bond acceptors (Lipinski definition) is 4. The van der Waals surface area contributed by atoms with Crippen molar-refractivity contribution in [3.8, 4) is 11.5 Å². The van der Waals surface area contributed by atoms with Crippen LogP contribution >= 0.6 is 7.82 Å². The Morgan fingerprint density at radius 3 is 1.91 bits per heavy atom. The Morgan fingerprint density at radius 1 is 0.781 bits per heavy atom. The van der Waals surface area contributed by atoms with Gasteiger partial charge in [-0.1, -0.05) is 67.8 Å². The van der Waals surface area contributed by atoms with Crippen LogP contribution in [0.1, 0.15) is 53.9 Å². The van der Waals surface area contributed by atoms with E-state index in [1.807, 2.05) is 30.3 Å². The first kappa shape index (κ1) is 22.3. The molecular formula is C26H27O5P. The molecule has 3 aromatic rings. The number of phosphoric acid groups is 1. The Labute approximate surface area is 188 Å². The standard InChI is InChI=1S/C26H27O5P/c27-26(25(20-10-4-1-5-11-20)21-12-6-2-7-13-21)22-16-18-24(19-17-22)31-32(28,29)30-23-14-8-3-9-15-23/h1,3-5,8-11,14-19,21,25H,2,6-7,12-13H2,(H,28,29). The molecule has 1 aliphatic rings. The number of carbonyl (C=O) groups is 1. The van der Waals surface area contributed by atoms with Gasteiger partial charge in [0.15, 0.2) is 5.78 Å². The summed E-state index contributed by atoms with van der Waals surface area (Å²) in [5.41, 5.74) is 1.61. The second-order valence-electron chi connectivity index (χ2n) is 8.14. The molecule has 4 rings (SSSR count). The first-order valence-corrected chi connectivity index (χ1v) is 12.5. The van der Waals surface area contributed by atoms with Gasteiger partial charge in [-0.15, -0.1) is 0 Å². The summed E-state index contributed by atoms with van der Waals surface area (Å²) in [7, 11) is -4.35. The number of benzene rings is 3. The SMILES string of the molecule is O=C(c1ccc(OP(=O)(O)Oc2ccccc2)cc1)C(c1ccccc1)C1CCCCC1. The molecule has 1 fully saturated rings. The van der Waals surface area contributed by atoms with E-state index in [0.29, 0.717) is 11.5 Å². The highest BCUT2D eigenvalue weighted by atomic mass is 31.2. The van der Waals surface area contributed by atoms with Crippen molar-refractivity contribution in [2.24, 2.45) is 5.92 Å². The molecular weight excluding hydrogens is 423 g/mol. The molecule has 0 heterocycles. The lowest BCUT2D eigenvalue weighted by Gasteiger charge is -2.30. The molecule has 3 aromatic carbocycles. The summed E-state index contributed by atoms with van der Waals surface area (Å²) in [6.45, 7) is 0. The smallest absolute Gasteiger partial charge is 0.395 e. The van der Waals surface area contributed by atoms with Gasteiger partial charge in [-0.3, -0.25) is 9.69 Å². The van der Waals surface area contributed by atoms with Crippen molar-refractivity contribution in [2.45, 2.75) is 38.0 Å². The number of ketones is 1. The van der Waals surface area contributed by atoms with E-state index in [-0.39, 0.29) is 23.2 Å². The van der Waals surface area contributed by atoms with Crippen molar-refractivity contribution in [1.82, 2.24) is 0 Å². The van der Waals surface area contributed by atoms with Gasteiger partial charge in [-0.25, -0.2) is 4.57 Å². The minimum atomic E-state index is -4.35. The molecule has 0 aromatic heterocycles. The highest BCUT2D eigenvalue weighted by molar-refractivity contribution is 7.48. The molecule has 0 aliphatic heterocycles. The van der Waals surface area contributed by atoms with Crippen LogP contribution in [0.4, 0.5) is 0 Å². The molecule has 2 unspecified atom stereocenters. The Kier molecular flexibility index (Phi) is 7.09. The lowest BCUT2D eigenvalue weighted by atomic mass is 9.73. The maximum absolute atomic E-state index is 13.5. The molecule has 6 heteroatoms. The number of carbonyl (C=O) groups excluding carboxylic acids is 1. The van der Waals surface area contributed by atoms with Crippen molar-refractivity contribution >= 4 is 13.6 Å². The normalized spacial score (nSPS) is 17.2. The van der Waals surface area contributed by atoms with Crippen molar-refractivity contribution in [2.75, 3.05) is 0 Å². The first-order chi connectivity index (χ1) is 15.5. The number of phosphoric ester groups is 1. The van der Waals surface area contributed by atoms with Gasteiger partial charge in [0.1, 0.15) is 11.5 Å². The summed E-state index contributed by atoms with van der Waals surface area (Å²) in [5, 5.41) is 0. The molecule has 0 radical (unpaired) electrons. The Balaban J connectivity index is 1.50. The summed E-state index contributed by atoms with van der Waals surface area (Å²) in [6.07, 6.45) is 5.64. The molecule has 0 saturated heterocycles. The van der Waals surface area contributed by atoms with Gasteiger partial charge in [0.2, 0.25) is 0 Å². The lowest BCUT2D eigenvalue weighted by Crippen LogP contribution is -2.24. The van der Waals surface area contributed by atoms with Gasteiger partial charge < -0.3 is 9.05 Å². The average molecular weight is 450 g/mol. The second-order valence-corrected chi connectivity index (χ2v) is 9.44. The van der Waals surface area contributed by atoms with Crippen LogP contribution in [0.25, 0.3) is 0 Å². The van der Waals surface area contributed by atoms with E-state index in [0.717, 1.165) is 31.2 Å². The van der Waals surface area contributed by atoms with E-state index in [4.69, 9.17) is 9.05 Å². The monoisotopic (exact) mass is 450 g/mol. The van der Waals surface area contributed by atoms with Gasteiger partial charge in [0.05, 0.1) is 5.92 Å². The Hall–Kier alpha value is -2.88. The maximum atomic E-state index is 13.5. The third-order valence-corrected chi connectivity index (χ3v) is 6.77. The molecule has 0 bridgehead atoms. The van der Waals surface area contributed by atoms with Gasteiger partial charge in [-0.2, -0.15) is 0 Å². The van der Waals surface area contributed by atoms with Crippen molar-refractivity contribution < 1.29 is 23.3 Å². The third-order valence-electron chi connectivity index (χ3n) is 5.89. The summed E-state index contributed by atoms with van der Waals surface area (Å²) >= 11 is 0. The highest BCUT2D eigenvalue weighted by Gasteiger charge is 2.32. The molecule has 1 N–H and O–H groups in total. The largest absolute Gasteiger partial charge is 0.584 e. The second kappa shape index (κ2) is 10.2. The van der Waals surface area contributed by atoms with Crippen LogP contribution in [0.15, 0.2) is 84.9 Å². The number of hydrogen-bond donors (Lipinski definition) is 1. The summed E-state index contributed by atoms with van der Waals surface area (Å²) in [6, 6.07) is 24.7. The van der Waals surface area contributed by atoms with E-state index in [1.165, 1.54) is 18.6 Å². The molecule has 0 amide bonds.